The fraction of sp³-hybridized carbons (Fsp3) is 0.583. The first kappa shape index (κ1) is 35.3. The molecule has 0 spiro atoms. The van der Waals surface area contributed by atoms with Gasteiger partial charge in [0, 0.05) is 16.8 Å². The van der Waals surface area contributed by atoms with Crippen molar-refractivity contribution in [1.82, 2.24) is 19.2 Å². The molecule has 0 saturated carbocycles. The Labute approximate surface area is 284 Å². The number of benzene rings is 1. The van der Waals surface area contributed by atoms with E-state index in [9.17, 15) is 9.59 Å². The number of hydrogen-bond donors (Lipinski definition) is 0. The number of carbonyl (C=O) groups is 2. The first-order valence-electron chi connectivity index (χ1n) is 16.7. The van der Waals surface area contributed by atoms with Gasteiger partial charge in [-0.25, -0.2) is 14.2 Å². The second kappa shape index (κ2) is 12.8. The Bertz CT molecular complexity index is 1770. The molecule has 5 rings (SSSR count). The molecule has 4 heterocycles. The summed E-state index contributed by atoms with van der Waals surface area (Å²) >= 11 is 1.61. The molecular formula is C36H52N4O5SSi. The standard InChI is InChI=1S/C36H52N4O5SSi/c1-34(2,3)44-32(41)39-27-16-15-24(23-43-47(10,11)36(7,8)9)19-25(27)20-28(39)30-31-29(40(37-30)33(42)45-35(4,5)6)21-26(46-31)22-38-17-13-12-14-18-38/h15-16,19-21H,12-14,17-18,22-23H2,1-11H3. The van der Waals surface area contributed by atoms with Gasteiger partial charge in [-0.15, -0.1) is 11.3 Å². The van der Waals surface area contributed by atoms with Crippen molar-refractivity contribution in [3.8, 4) is 11.4 Å². The normalized spacial score (nSPS) is 15.5. The molecule has 0 N–H and O–H groups in total. The molecule has 1 aliphatic rings. The quantitative estimate of drug-likeness (QED) is 0.187. The molecule has 4 aromatic rings. The molecule has 11 heteroatoms. The van der Waals surface area contributed by atoms with E-state index in [4.69, 9.17) is 19.0 Å². The monoisotopic (exact) mass is 680 g/mol. The molecule has 1 aromatic carbocycles. The van der Waals surface area contributed by atoms with Crippen LogP contribution < -0.4 is 0 Å². The van der Waals surface area contributed by atoms with Gasteiger partial charge < -0.3 is 13.9 Å². The lowest BCUT2D eigenvalue weighted by atomic mass is 10.1. The predicted molar refractivity (Wildman–Crippen MR) is 193 cm³/mol. The predicted octanol–water partition coefficient (Wildman–Crippen LogP) is 9.79. The zero-order valence-electron chi connectivity index (χ0n) is 30.1. The molecule has 0 radical (unpaired) electrons. The topological polar surface area (TPSA) is 87.8 Å². The van der Waals surface area contributed by atoms with Gasteiger partial charge in [0.05, 0.1) is 28.0 Å². The summed E-state index contributed by atoms with van der Waals surface area (Å²) in [5.41, 5.74) is 2.11. The van der Waals surface area contributed by atoms with E-state index >= 15 is 0 Å². The SMILES string of the molecule is CC(C)(C)OC(=O)n1nc(-c2cc3cc(CO[Si](C)(C)C(C)(C)C)ccc3n2C(=O)OC(C)(C)C)c2sc(CN3CCCCC3)cc21. The molecule has 1 saturated heterocycles. The van der Waals surface area contributed by atoms with E-state index in [1.165, 1.54) is 23.9 Å². The summed E-state index contributed by atoms with van der Waals surface area (Å²) in [5, 5.41) is 5.80. The third-order valence-corrected chi connectivity index (χ3v) is 14.5. The molecule has 3 aromatic heterocycles. The molecular weight excluding hydrogens is 629 g/mol. The summed E-state index contributed by atoms with van der Waals surface area (Å²) in [7, 11) is -1.97. The number of fused-ring (bicyclic) bond motifs is 2. The average molecular weight is 681 g/mol. The van der Waals surface area contributed by atoms with Gasteiger partial charge in [0.25, 0.3) is 0 Å². The Balaban J connectivity index is 1.65. The summed E-state index contributed by atoms with van der Waals surface area (Å²) in [6.45, 7) is 25.7. The van der Waals surface area contributed by atoms with Gasteiger partial charge in [-0.2, -0.15) is 9.78 Å². The highest BCUT2D eigenvalue weighted by Crippen LogP contribution is 2.40. The fourth-order valence-electron chi connectivity index (χ4n) is 5.50. The molecule has 0 amide bonds. The first-order valence-corrected chi connectivity index (χ1v) is 20.4. The zero-order chi connectivity index (χ0) is 34.5. The van der Waals surface area contributed by atoms with Crippen molar-refractivity contribution in [3.05, 3.63) is 40.8 Å². The van der Waals surface area contributed by atoms with Crippen molar-refractivity contribution in [2.45, 2.75) is 124 Å². The molecule has 47 heavy (non-hydrogen) atoms. The van der Waals surface area contributed by atoms with E-state index in [1.807, 2.05) is 65.8 Å². The van der Waals surface area contributed by atoms with Crippen molar-refractivity contribution < 1.29 is 23.5 Å². The number of thiophene rings is 1. The van der Waals surface area contributed by atoms with Gasteiger partial charge in [0.1, 0.15) is 16.9 Å². The van der Waals surface area contributed by atoms with Crippen LogP contribution in [0, 0.1) is 0 Å². The Kier molecular flexibility index (Phi) is 9.62. The molecule has 256 valence electrons. The molecule has 1 aliphatic heterocycles. The van der Waals surface area contributed by atoms with Crippen LogP contribution in [0.2, 0.25) is 18.1 Å². The molecule has 0 aliphatic carbocycles. The summed E-state index contributed by atoms with van der Waals surface area (Å²) in [6, 6.07) is 10.1. The zero-order valence-corrected chi connectivity index (χ0v) is 31.9. The maximum atomic E-state index is 13.9. The smallest absolute Gasteiger partial charge is 0.435 e. The van der Waals surface area contributed by atoms with Crippen molar-refractivity contribution in [2.24, 2.45) is 0 Å². The third-order valence-electron chi connectivity index (χ3n) is 8.89. The van der Waals surface area contributed by atoms with E-state index < -0.39 is 31.7 Å². The highest BCUT2D eigenvalue weighted by Gasteiger charge is 2.37. The Hall–Kier alpha value is -2.99. The lowest BCUT2D eigenvalue weighted by molar-refractivity contribution is 0.0520. The molecule has 9 nitrogen and oxygen atoms in total. The van der Waals surface area contributed by atoms with Gasteiger partial charge in [0.2, 0.25) is 0 Å². The van der Waals surface area contributed by atoms with E-state index in [-0.39, 0.29) is 5.04 Å². The third kappa shape index (κ3) is 8.01. The summed E-state index contributed by atoms with van der Waals surface area (Å²) in [6.07, 6.45) is 2.60. The number of likely N-dealkylation sites (tertiary alicyclic amines) is 1. The van der Waals surface area contributed by atoms with Gasteiger partial charge in [-0.1, -0.05) is 33.3 Å². The van der Waals surface area contributed by atoms with Crippen LogP contribution in [0.3, 0.4) is 0 Å². The van der Waals surface area contributed by atoms with Gasteiger partial charge in [-0.3, -0.25) is 4.90 Å². The molecule has 0 bridgehead atoms. The van der Waals surface area contributed by atoms with Crippen molar-refractivity contribution in [1.29, 1.82) is 0 Å². The number of ether oxygens (including phenoxy) is 2. The minimum Gasteiger partial charge on any atom is -0.443 e. The lowest BCUT2D eigenvalue weighted by Gasteiger charge is -2.36. The summed E-state index contributed by atoms with van der Waals surface area (Å²) in [5.74, 6) is 0. The van der Waals surface area contributed by atoms with Crippen LogP contribution in [0.15, 0.2) is 30.3 Å². The highest BCUT2D eigenvalue weighted by atomic mass is 32.1. The first-order chi connectivity index (χ1) is 21.7. The van der Waals surface area contributed by atoms with Crippen molar-refractivity contribution in [3.63, 3.8) is 0 Å². The average Bonchev–Trinajstić information content (AvgIpc) is 3.61. The number of rotatable bonds is 6. The number of nitrogens with zero attached hydrogens (tertiary/aromatic N) is 4. The van der Waals surface area contributed by atoms with Crippen LogP contribution in [0.4, 0.5) is 9.59 Å². The number of aromatic nitrogens is 3. The van der Waals surface area contributed by atoms with Crippen LogP contribution >= 0.6 is 11.3 Å². The Morgan fingerprint density at radius 2 is 1.49 bits per heavy atom. The summed E-state index contributed by atoms with van der Waals surface area (Å²) < 4.78 is 22.0. The van der Waals surface area contributed by atoms with E-state index in [1.54, 1.807) is 15.9 Å². The lowest BCUT2D eigenvalue weighted by Crippen LogP contribution is -2.40. The maximum absolute atomic E-state index is 13.9. The highest BCUT2D eigenvalue weighted by molar-refractivity contribution is 7.19. The van der Waals surface area contributed by atoms with Crippen molar-refractivity contribution >= 4 is 53.0 Å². The molecule has 1 fully saturated rings. The minimum atomic E-state index is -1.97. The minimum absolute atomic E-state index is 0.0935. The Morgan fingerprint density at radius 3 is 2.11 bits per heavy atom. The number of hydrogen-bond acceptors (Lipinski definition) is 8. The molecule has 0 unspecified atom stereocenters. The number of carbonyl (C=O) groups excluding carboxylic acids is 2. The van der Waals surface area contributed by atoms with Crippen LogP contribution in [0.25, 0.3) is 32.5 Å². The van der Waals surface area contributed by atoms with E-state index in [0.717, 1.165) is 40.2 Å². The second-order valence-electron chi connectivity index (χ2n) is 16.3. The van der Waals surface area contributed by atoms with Crippen LogP contribution in [-0.4, -0.2) is 64.0 Å². The van der Waals surface area contributed by atoms with Gasteiger partial charge in [-0.05, 0) is 115 Å². The van der Waals surface area contributed by atoms with Gasteiger partial charge in [0.15, 0.2) is 8.32 Å². The van der Waals surface area contributed by atoms with Crippen LogP contribution in [0.1, 0.15) is 92.0 Å². The van der Waals surface area contributed by atoms with Crippen LogP contribution in [0.5, 0.6) is 0 Å². The van der Waals surface area contributed by atoms with Crippen LogP contribution in [-0.2, 0) is 27.1 Å². The van der Waals surface area contributed by atoms with Crippen molar-refractivity contribution in [2.75, 3.05) is 13.1 Å². The van der Waals surface area contributed by atoms with E-state index in [2.05, 4.69) is 44.8 Å². The number of piperidine rings is 1. The molecule has 0 atom stereocenters. The van der Waals surface area contributed by atoms with E-state index in [0.29, 0.717) is 29.0 Å². The maximum Gasteiger partial charge on any atom is 0.435 e. The second-order valence-corrected chi connectivity index (χ2v) is 22.2. The largest absolute Gasteiger partial charge is 0.443 e. The van der Waals surface area contributed by atoms with Gasteiger partial charge >= 0.3 is 12.2 Å². The summed E-state index contributed by atoms with van der Waals surface area (Å²) in [4.78, 5) is 31.0. The Morgan fingerprint density at radius 1 is 0.851 bits per heavy atom. The fourth-order valence-corrected chi connectivity index (χ4v) is 7.63.